The quantitative estimate of drug-likeness (QED) is 0.617. The number of ketones is 1. The van der Waals surface area contributed by atoms with E-state index in [1.165, 1.54) is 0 Å². The molecule has 0 aromatic heterocycles. The highest BCUT2D eigenvalue weighted by Gasteiger charge is 2.17. The topological polar surface area (TPSA) is 37.3 Å². The summed E-state index contributed by atoms with van der Waals surface area (Å²) in [5.41, 5.74) is 2.35. The minimum atomic E-state index is 0.0498. The van der Waals surface area contributed by atoms with Crippen molar-refractivity contribution in [2.45, 2.75) is 46.0 Å². The van der Waals surface area contributed by atoms with Crippen molar-refractivity contribution in [3.8, 4) is 5.75 Å². The third kappa shape index (κ3) is 3.00. The second-order valence-electron chi connectivity index (χ2n) is 5.23. The molecule has 98 valence electrons. The van der Waals surface area contributed by atoms with Gasteiger partial charge in [-0.15, -0.1) is 6.58 Å². The fraction of sp³-hybridized carbons (Fsp3) is 0.438. The molecule has 0 bridgehead atoms. The number of rotatable bonds is 5. The number of phenols is 1. The van der Waals surface area contributed by atoms with Crippen molar-refractivity contribution in [2.75, 3.05) is 0 Å². The Kier molecular flexibility index (Phi) is 4.71. The van der Waals surface area contributed by atoms with Crippen molar-refractivity contribution < 1.29 is 9.90 Å². The number of hydrogen-bond donors (Lipinski definition) is 1. The van der Waals surface area contributed by atoms with Crippen LogP contribution in [0, 0.1) is 0 Å². The maximum absolute atomic E-state index is 12.0. The number of carbonyl (C=O) groups excluding carboxylic acids is 1. The average Bonchev–Trinajstić information content (AvgIpc) is 2.28. The van der Waals surface area contributed by atoms with Gasteiger partial charge in [0.1, 0.15) is 5.75 Å². The first-order chi connectivity index (χ1) is 8.38. The fourth-order valence-electron chi connectivity index (χ4n) is 1.97. The van der Waals surface area contributed by atoms with Crippen LogP contribution in [0.3, 0.4) is 0 Å². The average molecular weight is 246 g/mol. The maximum Gasteiger partial charge on any atom is 0.166 e. The third-order valence-corrected chi connectivity index (χ3v) is 3.06. The smallest absolute Gasteiger partial charge is 0.166 e. The monoisotopic (exact) mass is 246 g/mol. The molecule has 0 unspecified atom stereocenters. The van der Waals surface area contributed by atoms with E-state index in [2.05, 4.69) is 6.58 Å². The van der Waals surface area contributed by atoms with Crippen molar-refractivity contribution >= 4 is 5.78 Å². The molecule has 1 aromatic carbocycles. The first-order valence-electron chi connectivity index (χ1n) is 6.39. The largest absolute Gasteiger partial charge is 0.507 e. The Hall–Kier alpha value is -1.57. The Morgan fingerprint density at radius 2 is 1.67 bits per heavy atom. The summed E-state index contributed by atoms with van der Waals surface area (Å²) in [6, 6.07) is 3.61. The SMILES string of the molecule is C=CCC(=O)c1cc(C(C)C)c(O)c(C(C)C)c1. The summed E-state index contributed by atoms with van der Waals surface area (Å²) >= 11 is 0. The zero-order valence-electron chi connectivity index (χ0n) is 11.7. The predicted molar refractivity (Wildman–Crippen MR) is 75.4 cm³/mol. The number of carbonyl (C=O) groups is 1. The zero-order valence-corrected chi connectivity index (χ0v) is 11.7. The molecule has 0 saturated heterocycles. The van der Waals surface area contributed by atoms with Gasteiger partial charge in [0.15, 0.2) is 5.78 Å². The Morgan fingerprint density at radius 3 is 2.00 bits per heavy atom. The summed E-state index contributed by atoms with van der Waals surface area (Å²) in [5, 5.41) is 10.2. The van der Waals surface area contributed by atoms with Gasteiger partial charge >= 0.3 is 0 Å². The second kappa shape index (κ2) is 5.85. The van der Waals surface area contributed by atoms with E-state index in [1.54, 1.807) is 18.2 Å². The standard InChI is InChI=1S/C16H22O2/c1-6-7-15(17)12-8-13(10(2)3)16(18)14(9-12)11(4)5/h6,8-11,18H,1,7H2,2-5H3. The third-order valence-electron chi connectivity index (χ3n) is 3.06. The van der Waals surface area contributed by atoms with E-state index in [4.69, 9.17) is 0 Å². The minimum absolute atomic E-state index is 0.0498. The van der Waals surface area contributed by atoms with Gasteiger partial charge in [0.25, 0.3) is 0 Å². The molecule has 0 radical (unpaired) electrons. The maximum atomic E-state index is 12.0. The molecule has 0 aliphatic carbocycles. The molecule has 2 heteroatoms. The van der Waals surface area contributed by atoms with Crippen molar-refractivity contribution in [3.05, 3.63) is 41.5 Å². The predicted octanol–water partition coefficient (Wildman–Crippen LogP) is 4.40. The van der Waals surface area contributed by atoms with Gasteiger partial charge in [-0.25, -0.2) is 0 Å². The van der Waals surface area contributed by atoms with Crippen LogP contribution in [-0.4, -0.2) is 10.9 Å². The van der Waals surface area contributed by atoms with Crippen LogP contribution < -0.4 is 0 Å². The van der Waals surface area contributed by atoms with Gasteiger partial charge in [0, 0.05) is 12.0 Å². The van der Waals surface area contributed by atoms with E-state index in [-0.39, 0.29) is 17.6 Å². The molecule has 2 nitrogen and oxygen atoms in total. The summed E-state index contributed by atoms with van der Waals surface area (Å²) in [6.07, 6.45) is 1.94. The molecular weight excluding hydrogens is 224 g/mol. The lowest BCUT2D eigenvalue weighted by molar-refractivity contribution is 0.0995. The lowest BCUT2D eigenvalue weighted by Gasteiger charge is -2.17. The molecule has 1 aromatic rings. The molecule has 0 spiro atoms. The van der Waals surface area contributed by atoms with Crippen molar-refractivity contribution in [3.63, 3.8) is 0 Å². The van der Waals surface area contributed by atoms with Gasteiger partial charge < -0.3 is 5.11 Å². The van der Waals surface area contributed by atoms with Crippen LogP contribution >= 0.6 is 0 Å². The van der Waals surface area contributed by atoms with Crippen molar-refractivity contribution in [1.29, 1.82) is 0 Å². The van der Waals surface area contributed by atoms with Gasteiger partial charge in [-0.1, -0.05) is 33.8 Å². The highest BCUT2D eigenvalue weighted by Crippen LogP contribution is 2.35. The van der Waals surface area contributed by atoms with Gasteiger partial charge in [0.2, 0.25) is 0 Å². The number of phenolic OH excluding ortho intramolecular Hbond substituents is 1. The number of aromatic hydroxyl groups is 1. The van der Waals surface area contributed by atoms with Crippen LogP contribution in [0.25, 0.3) is 0 Å². The van der Waals surface area contributed by atoms with Crippen molar-refractivity contribution in [2.24, 2.45) is 0 Å². The Balaban J connectivity index is 3.37. The fourth-order valence-corrected chi connectivity index (χ4v) is 1.97. The second-order valence-corrected chi connectivity index (χ2v) is 5.23. The van der Waals surface area contributed by atoms with E-state index in [0.717, 1.165) is 11.1 Å². The molecule has 0 fully saturated rings. The molecule has 0 atom stereocenters. The van der Waals surface area contributed by atoms with Crippen LogP contribution in [-0.2, 0) is 0 Å². The Labute approximate surface area is 109 Å². The summed E-state index contributed by atoms with van der Waals surface area (Å²) in [5.74, 6) is 0.766. The van der Waals surface area contributed by atoms with Crippen molar-refractivity contribution in [1.82, 2.24) is 0 Å². The van der Waals surface area contributed by atoms with E-state index in [0.29, 0.717) is 17.7 Å². The van der Waals surface area contributed by atoms with Crippen LogP contribution in [0.2, 0.25) is 0 Å². The van der Waals surface area contributed by atoms with E-state index >= 15 is 0 Å². The molecule has 0 amide bonds. The molecule has 0 aliphatic heterocycles. The van der Waals surface area contributed by atoms with Gasteiger partial charge in [-0.05, 0) is 35.1 Å². The molecule has 1 rings (SSSR count). The van der Waals surface area contributed by atoms with Gasteiger partial charge in [-0.2, -0.15) is 0 Å². The molecule has 0 aliphatic rings. The number of benzene rings is 1. The Morgan fingerprint density at radius 1 is 1.22 bits per heavy atom. The molecule has 0 heterocycles. The summed E-state index contributed by atoms with van der Waals surface area (Å²) in [4.78, 5) is 12.0. The van der Waals surface area contributed by atoms with Crippen LogP contribution in [0.5, 0.6) is 5.75 Å². The lowest BCUT2D eigenvalue weighted by atomic mass is 9.90. The van der Waals surface area contributed by atoms with Crippen LogP contribution in [0.4, 0.5) is 0 Å². The van der Waals surface area contributed by atoms with Crippen LogP contribution in [0.1, 0.15) is 67.4 Å². The highest BCUT2D eigenvalue weighted by atomic mass is 16.3. The van der Waals surface area contributed by atoms with E-state index in [9.17, 15) is 9.90 Å². The number of hydrogen-bond acceptors (Lipinski definition) is 2. The normalized spacial score (nSPS) is 11.0. The van der Waals surface area contributed by atoms with Gasteiger partial charge in [-0.3, -0.25) is 4.79 Å². The summed E-state index contributed by atoms with van der Waals surface area (Å²) < 4.78 is 0. The number of Topliss-reactive ketones (excluding diaryl/α,β-unsaturated/α-hetero) is 1. The zero-order chi connectivity index (χ0) is 13.9. The molecule has 1 N–H and O–H groups in total. The number of allylic oxidation sites excluding steroid dienone is 1. The summed E-state index contributed by atoms with van der Waals surface area (Å²) in [7, 11) is 0. The van der Waals surface area contributed by atoms with Crippen LogP contribution in [0.15, 0.2) is 24.8 Å². The molecule has 18 heavy (non-hydrogen) atoms. The highest BCUT2D eigenvalue weighted by molar-refractivity contribution is 5.97. The first-order valence-corrected chi connectivity index (χ1v) is 6.39. The minimum Gasteiger partial charge on any atom is -0.507 e. The molecular formula is C16H22O2. The summed E-state index contributed by atoms with van der Waals surface area (Å²) in [6.45, 7) is 11.6. The van der Waals surface area contributed by atoms with Gasteiger partial charge in [0.05, 0.1) is 0 Å². The van der Waals surface area contributed by atoms with E-state index < -0.39 is 0 Å². The first kappa shape index (κ1) is 14.5. The Bertz CT molecular complexity index is 427. The molecule has 0 saturated carbocycles. The van der Waals surface area contributed by atoms with E-state index in [1.807, 2.05) is 27.7 Å². The lowest BCUT2D eigenvalue weighted by Crippen LogP contribution is -2.03.